The number of phenols is 1. The highest BCUT2D eigenvalue weighted by molar-refractivity contribution is 6.15. The van der Waals surface area contributed by atoms with Gasteiger partial charge in [-0.25, -0.2) is 0 Å². The number of hydrogen-bond acceptors (Lipinski definition) is 5. The van der Waals surface area contributed by atoms with Crippen molar-refractivity contribution < 1.29 is 19.4 Å². The summed E-state index contributed by atoms with van der Waals surface area (Å²) in [6, 6.07) is 9.93. The van der Waals surface area contributed by atoms with Crippen molar-refractivity contribution in [3.05, 3.63) is 47.5 Å². The zero-order valence-corrected chi connectivity index (χ0v) is 12.1. The molecule has 0 aliphatic rings. The number of para-hydroxylation sites is 1. The first-order chi connectivity index (χ1) is 10.1. The molecule has 0 spiro atoms. The van der Waals surface area contributed by atoms with Gasteiger partial charge in [0.15, 0.2) is 0 Å². The summed E-state index contributed by atoms with van der Waals surface area (Å²) < 4.78 is 10.4. The van der Waals surface area contributed by atoms with E-state index in [1.165, 1.54) is 26.4 Å². The number of ketones is 1. The molecule has 2 aromatic rings. The monoisotopic (exact) mass is 287 g/mol. The molecule has 0 unspecified atom stereocenters. The molecule has 0 saturated heterocycles. The lowest BCUT2D eigenvalue weighted by Gasteiger charge is -2.14. The maximum atomic E-state index is 12.8. The number of nitrogens with one attached hydrogen (secondary N) is 1. The van der Waals surface area contributed by atoms with Crippen LogP contribution >= 0.6 is 0 Å². The van der Waals surface area contributed by atoms with E-state index in [9.17, 15) is 9.90 Å². The summed E-state index contributed by atoms with van der Waals surface area (Å²) in [7, 11) is 4.63. The lowest BCUT2D eigenvalue weighted by Crippen LogP contribution is -2.09. The minimum absolute atomic E-state index is 0.0258. The van der Waals surface area contributed by atoms with E-state index in [2.05, 4.69) is 5.32 Å². The number of carbonyl (C=O) groups is 1. The molecule has 0 fully saturated rings. The van der Waals surface area contributed by atoms with E-state index in [0.29, 0.717) is 11.3 Å². The summed E-state index contributed by atoms with van der Waals surface area (Å²) >= 11 is 0. The van der Waals surface area contributed by atoms with Gasteiger partial charge in [0.25, 0.3) is 0 Å². The molecule has 110 valence electrons. The fourth-order valence-electron chi connectivity index (χ4n) is 2.16. The average molecular weight is 287 g/mol. The summed E-state index contributed by atoms with van der Waals surface area (Å²) in [5.41, 5.74) is 1.49. The molecule has 2 rings (SSSR count). The van der Waals surface area contributed by atoms with Gasteiger partial charge in [-0.3, -0.25) is 4.79 Å². The van der Waals surface area contributed by atoms with E-state index in [0.717, 1.165) is 0 Å². The molecule has 5 nitrogen and oxygen atoms in total. The third kappa shape index (κ3) is 2.76. The smallest absolute Gasteiger partial charge is 0.202 e. The summed E-state index contributed by atoms with van der Waals surface area (Å²) in [5, 5.41) is 12.6. The highest BCUT2D eigenvalue weighted by Crippen LogP contribution is 2.36. The summed E-state index contributed by atoms with van der Waals surface area (Å²) in [4.78, 5) is 12.8. The first-order valence-corrected chi connectivity index (χ1v) is 6.38. The number of phenolic OH excluding ortho intramolecular Hbond substituents is 1. The first-order valence-electron chi connectivity index (χ1n) is 6.38. The molecule has 0 heterocycles. The summed E-state index contributed by atoms with van der Waals surface area (Å²) in [6.07, 6.45) is 0. The fraction of sp³-hybridized carbons (Fsp3) is 0.188. The average Bonchev–Trinajstić information content (AvgIpc) is 2.53. The standard InChI is InChI=1S/C16H17NO4/c1-17-12-7-5-4-6-11(12)16(19)15-13(20-2)8-10(18)9-14(15)21-3/h4-9,17-18H,1-3H3. The maximum absolute atomic E-state index is 12.8. The fourth-order valence-corrected chi connectivity index (χ4v) is 2.16. The SMILES string of the molecule is CNc1ccccc1C(=O)c1c(OC)cc(O)cc1OC. The lowest BCUT2D eigenvalue weighted by atomic mass is 9.99. The lowest BCUT2D eigenvalue weighted by molar-refractivity contribution is 0.103. The highest BCUT2D eigenvalue weighted by Gasteiger charge is 2.22. The van der Waals surface area contributed by atoms with Crippen molar-refractivity contribution in [3.63, 3.8) is 0 Å². The van der Waals surface area contributed by atoms with Crippen LogP contribution in [0, 0.1) is 0 Å². The molecule has 5 heteroatoms. The normalized spacial score (nSPS) is 10.0. The second kappa shape index (κ2) is 6.17. The molecule has 0 radical (unpaired) electrons. The van der Waals surface area contributed by atoms with Gasteiger partial charge in [0.2, 0.25) is 5.78 Å². The van der Waals surface area contributed by atoms with Gasteiger partial charge in [0.05, 0.1) is 14.2 Å². The molecule has 0 aromatic heterocycles. The van der Waals surface area contributed by atoms with Gasteiger partial charge in [0, 0.05) is 30.4 Å². The zero-order valence-electron chi connectivity index (χ0n) is 12.1. The predicted octanol–water partition coefficient (Wildman–Crippen LogP) is 2.68. The number of methoxy groups -OCH3 is 2. The molecular formula is C16H17NO4. The van der Waals surface area contributed by atoms with Gasteiger partial charge >= 0.3 is 0 Å². The molecular weight excluding hydrogens is 270 g/mol. The molecule has 2 aromatic carbocycles. The Morgan fingerprint density at radius 3 is 2.19 bits per heavy atom. The van der Waals surface area contributed by atoms with Crippen LogP contribution in [0.15, 0.2) is 36.4 Å². The molecule has 0 atom stereocenters. The van der Waals surface area contributed by atoms with Crippen molar-refractivity contribution in [3.8, 4) is 17.2 Å². The summed E-state index contributed by atoms with van der Waals surface area (Å²) in [6.45, 7) is 0. The largest absolute Gasteiger partial charge is 0.508 e. The highest BCUT2D eigenvalue weighted by atomic mass is 16.5. The van der Waals surface area contributed by atoms with E-state index in [1.54, 1.807) is 19.2 Å². The van der Waals surface area contributed by atoms with Crippen molar-refractivity contribution in [2.24, 2.45) is 0 Å². The van der Waals surface area contributed by atoms with Crippen molar-refractivity contribution in [1.82, 2.24) is 0 Å². The van der Waals surface area contributed by atoms with Crippen molar-refractivity contribution in [2.45, 2.75) is 0 Å². The predicted molar refractivity (Wildman–Crippen MR) is 80.6 cm³/mol. The van der Waals surface area contributed by atoms with Gasteiger partial charge in [-0.2, -0.15) is 0 Å². The van der Waals surface area contributed by atoms with Crippen LogP contribution in [-0.2, 0) is 0 Å². The Morgan fingerprint density at radius 1 is 1.10 bits per heavy atom. The summed E-state index contributed by atoms with van der Waals surface area (Å²) in [5.74, 6) is 0.265. The van der Waals surface area contributed by atoms with Gasteiger partial charge in [-0.15, -0.1) is 0 Å². The van der Waals surface area contributed by atoms with Gasteiger partial charge in [-0.05, 0) is 12.1 Å². The van der Waals surface area contributed by atoms with Crippen molar-refractivity contribution in [2.75, 3.05) is 26.6 Å². The second-order valence-electron chi connectivity index (χ2n) is 4.35. The molecule has 21 heavy (non-hydrogen) atoms. The second-order valence-corrected chi connectivity index (χ2v) is 4.35. The number of carbonyl (C=O) groups excluding carboxylic acids is 1. The van der Waals surface area contributed by atoms with Crippen LogP contribution in [0.25, 0.3) is 0 Å². The Morgan fingerprint density at radius 2 is 1.67 bits per heavy atom. The van der Waals surface area contributed by atoms with E-state index in [4.69, 9.17) is 9.47 Å². The Kier molecular flexibility index (Phi) is 4.33. The van der Waals surface area contributed by atoms with Crippen LogP contribution in [-0.4, -0.2) is 32.2 Å². The Bertz CT molecular complexity index is 642. The number of aromatic hydroxyl groups is 1. The van der Waals surface area contributed by atoms with E-state index < -0.39 is 0 Å². The van der Waals surface area contributed by atoms with Crippen molar-refractivity contribution in [1.29, 1.82) is 0 Å². The Labute approximate surface area is 123 Å². The van der Waals surface area contributed by atoms with Crippen molar-refractivity contribution >= 4 is 11.5 Å². The third-order valence-corrected chi connectivity index (χ3v) is 3.16. The first kappa shape index (κ1) is 14.7. The molecule has 0 bridgehead atoms. The van der Waals surface area contributed by atoms with Gasteiger partial charge < -0.3 is 19.9 Å². The minimum atomic E-state index is -0.242. The number of benzene rings is 2. The Hall–Kier alpha value is -2.69. The van der Waals surface area contributed by atoms with Crippen LogP contribution in [0.3, 0.4) is 0 Å². The maximum Gasteiger partial charge on any atom is 0.202 e. The quantitative estimate of drug-likeness (QED) is 0.828. The topological polar surface area (TPSA) is 67.8 Å². The van der Waals surface area contributed by atoms with E-state index in [-0.39, 0.29) is 28.6 Å². The minimum Gasteiger partial charge on any atom is -0.508 e. The number of ether oxygens (including phenoxy) is 2. The van der Waals surface area contributed by atoms with Crippen LogP contribution in [0.5, 0.6) is 17.2 Å². The van der Waals surface area contributed by atoms with Crippen LogP contribution in [0.1, 0.15) is 15.9 Å². The van der Waals surface area contributed by atoms with E-state index >= 15 is 0 Å². The number of rotatable bonds is 5. The van der Waals surface area contributed by atoms with Crippen LogP contribution in [0.2, 0.25) is 0 Å². The molecule has 0 saturated carbocycles. The van der Waals surface area contributed by atoms with E-state index in [1.807, 2.05) is 12.1 Å². The molecule has 2 N–H and O–H groups in total. The zero-order chi connectivity index (χ0) is 15.4. The Balaban J connectivity index is 2.62. The van der Waals surface area contributed by atoms with Crippen LogP contribution in [0.4, 0.5) is 5.69 Å². The van der Waals surface area contributed by atoms with Gasteiger partial charge in [-0.1, -0.05) is 12.1 Å². The molecule has 0 aliphatic carbocycles. The number of anilines is 1. The molecule has 0 aliphatic heterocycles. The number of hydrogen-bond donors (Lipinski definition) is 2. The van der Waals surface area contributed by atoms with Gasteiger partial charge in [0.1, 0.15) is 22.8 Å². The molecule has 0 amide bonds. The third-order valence-electron chi connectivity index (χ3n) is 3.16. The van der Waals surface area contributed by atoms with Crippen LogP contribution < -0.4 is 14.8 Å².